The van der Waals surface area contributed by atoms with E-state index in [1.54, 1.807) is 12.1 Å². The predicted octanol–water partition coefficient (Wildman–Crippen LogP) is 2.17. The number of likely N-dealkylation sites (tertiary alicyclic amines) is 1. The number of pyridine rings is 1. The van der Waals surface area contributed by atoms with Gasteiger partial charge in [0.15, 0.2) is 11.3 Å². The van der Waals surface area contributed by atoms with E-state index in [-0.39, 0.29) is 41.8 Å². The third-order valence-corrected chi connectivity index (χ3v) is 5.47. The minimum atomic E-state index is -1.06. The fraction of sp³-hybridized carbons (Fsp3) is 0.526. The van der Waals surface area contributed by atoms with Crippen LogP contribution >= 0.6 is 11.6 Å². The SMILES string of the molecule is C[C@@H](OC(=O)CCN1C(=O)[C@H]2CCCC[C@@H]2C1=O)C(=O)Nc1cccnc1Cl. The molecule has 1 aliphatic heterocycles. The van der Waals surface area contributed by atoms with E-state index in [9.17, 15) is 19.2 Å². The molecule has 1 N–H and O–H groups in total. The molecule has 1 aliphatic carbocycles. The Hall–Kier alpha value is -2.48. The molecule has 0 bridgehead atoms. The monoisotopic (exact) mass is 407 g/mol. The second-order valence-electron chi connectivity index (χ2n) is 7.04. The fourth-order valence-electron chi connectivity index (χ4n) is 3.68. The minimum Gasteiger partial charge on any atom is -0.452 e. The number of nitrogens with zero attached hydrogens (tertiary/aromatic N) is 2. The molecule has 8 nitrogen and oxygen atoms in total. The molecule has 1 saturated carbocycles. The molecule has 3 rings (SSSR count). The van der Waals surface area contributed by atoms with Crippen LogP contribution < -0.4 is 5.32 Å². The van der Waals surface area contributed by atoms with Crippen molar-refractivity contribution in [1.29, 1.82) is 0 Å². The van der Waals surface area contributed by atoms with Gasteiger partial charge in [-0.3, -0.25) is 24.1 Å². The van der Waals surface area contributed by atoms with Gasteiger partial charge in [0, 0.05) is 12.7 Å². The molecule has 28 heavy (non-hydrogen) atoms. The summed E-state index contributed by atoms with van der Waals surface area (Å²) >= 11 is 5.88. The highest BCUT2D eigenvalue weighted by Gasteiger charge is 2.47. The number of imide groups is 1. The van der Waals surface area contributed by atoms with Gasteiger partial charge < -0.3 is 10.1 Å². The molecular weight excluding hydrogens is 386 g/mol. The number of hydrogen-bond acceptors (Lipinski definition) is 6. The minimum absolute atomic E-state index is 0.0216. The number of halogens is 1. The van der Waals surface area contributed by atoms with Crippen LogP contribution in [0.3, 0.4) is 0 Å². The van der Waals surface area contributed by atoms with Crippen LogP contribution in [0.5, 0.6) is 0 Å². The third kappa shape index (κ3) is 4.32. The summed E-state index contributed by atoms with van der Waals surface area (Å²) in [5.74, 6) is -2.09. The highest BCUT2D eigenvalue weighted by atomic mass is 35.5. The largest absolute Gasteiger partial charge is 0.452 e. The summed E-state index contributed by atoms with van der Waals surface area (Å²) in [4.78, 5) is 54.0. The molecule has 3 amide bonds. The van der Waals surface area contributed by atoms with Gasteiger partial charge in [-0.15, -0.1) is 0 Å². The summed E-state index contributed by atoms with van der Waals surface area (Å²) in [6.45, 7) is 1.41. The summed E-state index contributed by atoms with van der Waals surface area (Å²) in [5, 5.41) is 2.66. The highest BCUT2D eigenvalue weighted by Crippen LogP contribution is 2.37. The van der Waals surface area contributed by atoms with Gasteiger partial charge in [0.2, 0.25) is 11.8 Å². The summed E-state index contributed by atoms with van der Waals surface area (Å²) in [7, 11) is 0. The van der Waals surface area contributed by atoms with Crippen LogP contribution in [0.25, 0.3) is 0 Å². The van der Waals surface area contributed by atoms with Gasteiger partial charge in [0.05, 0.1) is 23.9 Å². The first-order valence-electron chi connectivity index (χ1n) is 9.34. The van der Waals surface area contributed by atoms with Gasteiger partial charge in [-0.1, -0.05) is 24.4 Å². The lowest BCUT2D eigenvalue weighted by Crippen LogP contribution is -2.35. The summed E-state index contributed by atoms with van der Waals surface area (Å²) in [5.41, 5.74) is 0.313. The lowest BCUT2D eigenvalue weighted by Gasteiger charge is -2.19. The Bertz CT molecular complexity index is 776. The van der Waals surface area contributed by atoms with Crippen LogP contribution in [0.2, 0.25) is 5.15 Å². The van der Waals surface area contributed by atoms with Gasteiger partial charge in [-0.25, -0.2) is 4.98 Å². The number of carbonyl (C=O) groups excluding carboxylic acids is 4. The molecular formula is C19H22ClN3O5. The van der Waals surface area contributed by atoms with Gasteiger partial charge in [-0.2, -0.15) is 0 Å². The second-order valence-corrected chi connectivity index (χ2v) is 7.40. The Morgan fingerprint density at radius 3 is 2.54 bits per heavy atom. The van der Waals surface area contributed by atoms with Crippen molar-refractivity contribution in [2.24, 2.45) is 11.8 Å². The molecule has 0 unspecified atom stereocenters. The number of amides is 3. The average molecular weight is 408 g/mol. The van der Waals surface area contributed by atoms with Crippen molar-refractivity contribution < 1.29 is 23.9 Å². The van der Waals surface area contributed by atoms with E-state index in [2.05, 4.69) is 10.3 Å². The van der Waals surface area contributed by atoms with E-state index in [1.165, 1.54) is 18.0 Å². The summed E-state index contributed by atoms with van der Waals surface area (Å²) < 4.78 is 5.11. The molecule has 2 heterocycles. The van der Waals surface area contributed by atoms with Crippen molar-refractivity contribution >= 4 is 41.0 Å². The zero-order valence-electron chi connectivity index (χ0n) is 15.5. The third-order valence-electron chi connectivity index (χ3n) is 5.17. The topological polar surface area (TPSA) is 106 Å². The van der Waals surface area contributed by atoms with Crippen molar-refractivity contribution in [3.05, 3.63) is 23.5 Å². The van der Waals surface area contributed by atoms with Crippen LogP contribution in [0, 0.1) is 11.8 Å². The highest BCUT2D eigenvalue weighted by molar-refractivity contribution is 6.32. The zero-order valence-corrected chi connectivity index (χ0v) is 16.3. The molecule has 2 fully saturated rings. The quantitative estimate of drug-likeness (QED) is 0.440. The molecule has 1 aromatic heterocycles. The number of fused-ring (bicyclic) bond motifs is 1. The van der Waals surface area contributed by atoms with E-state index >= 15 is 0 Å². The number of carbonyl (C=O) groups is 4. The Morgan fingerprint density at radius 2 is 1.93 bits per heavy atom. The van der Waals surface area contributed by atoms with Crippen molar-refractivity contribution in [3.63, 3.8) is 0 Å². The maximum absolute atomic E-state index is 12.4. The normalized spacial score (nSPS) is 22.6. The lowest BCUT2D eigenvalue weighted by molar-refractivity contribution is -0.154. The number of hydrogen-bond donors (Lipinski definition) is 1. The number of anilines is 1. The number of ether oxygens (including phenoxy) is 1. The van der Waals surface area contributed by atoms with Crippen molar-refractivity contribution in [2.75, 3.05) is 11.9 Å². The van der Waals surface area contributed by atoms with E-state index in [1.807, 2.05) is 0 Å². The summed E-state index contributed by atoms with van der Waals surface area (Å²) in [6.07, 6.45) is 3.62. The number of rotatable bonds is 6. The first-order chi connectivity index (χ1) is 13.4. The maximum Gasteiger partial charge on any atom is 0.308 e. The van der Waals surface area contributed by atoms with Crippen LogP contribution in [-0.2, 0) is 23.9 Å². The van der Waals surface area contributed by atoms with Crippen LogP contribution in [0.1, 0.15) is 39.0 Å². The fourth-order valence-corrected chi connectivity index (χ4v) is 3.84. The molecule has 0 spiro atoms. The lowest BCUT2D eigenvalue weighted by atomic mass is 9.81. The van der Waals surface area contributed by atoms with Crippen molar-refractivity contribution in [1.82, 2.24) is 9.88 Å². The van der Waals surface area contributed by atoms with E-state index in [4.69, 9.17) is 16.3 Å². The van der Waals surface area contributed by atoms with E-state index in [0.29, 0.717) is 5.69 Å². The molecule has 0 aromatic carbocycles. The van der Waals surface area contributed by atoms with Crippen molar-refractivity contribution in [3.8, 4) is 0 Å². The van der Waals surface area contributed by atoms with Crippen LogP contribution in [0.15, 0.2) is 18.3 Å². The van der Waals surface area contributed by atoms with Gasteiger partial charge in [-0.05, 0) is 31.9 Å². The molecule has 0 radical (unpaired) electrons. The number of aromatic nitrogens is 1. The Morgan fingerprint density at radius 1 is 1.29 bits per heavy atom. The molecule has 2 aliphatic rings. The number of esters is 1. The Balaban J connectivity index is 1.48. The molecule has 3 atom stereocenters. The average Bonchev–Trinajstić information content (AvgIpc) is 2.92. The van der Waals surface area contributed by atoms with Crippen LogP contribution in [0.4, 0.5) is 5.69 Å². The van der Waals surface area contributed by atoms with Crippen molar-refractivity contribution in [2.45, 2.75) is 45.1 Å². The molecule has 1 saturated heterocycles. The maximum atomic E-state index is 12.4. The summed E-state index contributed by atoms with van der Waals surface area (Å²) in [6, 6.07) is 3.19. The Kier molecular flexibility index (Phi) is 6.28. The molecule has 1 aromatic rings. The van der Waals surface area contributed by atoms with Gasteiger partial charge in [0.25, 0.3) is 5.91 Å². The first-order valence-corrected chi connectivity index (χ1v) is 9.72. The molecule has 9 heteroatoms. The smallest absolute Gasteiger partial charge is 0.308 e. The predicted molar refractivity (Wildman–Crippen MR) is 100 cm³/mol. The zero-order chi connectivity index (χ0) is 20.3. The van der Waals surface area contributed by atoms with Gasteiger partial charge in [0.1, 0.15) is 0 Å². The number of nitrogens with one attached hydrogen (secondary N) is 1. The Labute approximate surface area is 167 Å². The molecule has 150 valence electrons. The van der Waals surface area contributed by atoms with E-state index < -0.39 is 18.0 Å². The van der Waals surface area contributed by atoms with Crippen LogP contribution in [-0.4, -0.2) is 46.2 Å². The second kappa shape index (κ2) is 8.68. The first kappa shape index (κ1) is 20.3. The van der Waals surface area contributed by atoms with E-state index in [0.717, 1.165) is 25.7 Å². The van der Waals surface area contributed by atoms with Gasteiger partial charge >= 0.3 is 5.97 Å². The standard InChI is InChI=1S/C19H22ClN3O5/c1-11(17(25)22-14-7-4-9-21-16(14)20)28-15(24)8-10-23-18(26)12-5-2-3-6-13(12)19(23)27/h4,7,9,11-13H,2-3,5-6,8,10H2,1H3,(H,22,25)/t11-,12+,13+/m1/s1.